The molecule has 0 bridgehead atoms. The first kappa shape index (κ1) is 22.8. The smallest absolute Gasteiger partial charge is 0.239 e. The normalized spacial score (nSPS) is 15.3. The van der Waals surface area contributed by atoms with Gasteiger partial charge in [-0.05, 0) is 61.1 Å². The van der Waals surface area contributed by atoms with E-state index in [-0.39, 0.29) is 18.1 Å². The number of nitrogens with one attached hydrogen (secondary N) is 1. The highest BCUT2D eigenvalue weighted by molar-refractivity contribution is 5.87. The van der Waals surface area contributed by atoms with Gasteiger partial charge in [0.25, 0.3) is 0 Å². The number of nitrogens with two attached hydrogens (primary N) is 1. The molecule has 0 spiro atoms. The van der Waals surface area contributed by atoms with E-state index in [9.17, 15) is 14.0 Å². The molecule has 5 nitrogen and oxygen atoms in total. The van der Waals surface area contributed by atoms with Gasteiger partial charge in [0.1, 0.15) is 11.9 Å². The summed E-state index contributed by atoms with van der Waals surface area (Å²) in [5.74, 6) is -0.399. The van der Waals surface area contributed by atoms with Crippen LogP contribution in [0.15, 0.2) is 48.5 Å². The Morgan fingerprint density at radius 3 is 2.52 bits per heavy atom. The lowest BCUT2D eigenvalue weighted by atomic mass is 9.83. The van der Waals surface area contributed by atoms with Gasteiger partial charge in [-0.2, -0.15) is 0 Å². The van der Waals surface area contributed by atoms with Crippen LogP contribution in [0.3, 0.4) is 0 Å². The van der Waals surface area contributed by atoms with E-state index in [0.29, 0.717) is 19.0 Å². The average molecular weight is 426 g/mol. The van der Waals surface area contributed by atoms with Gasteiger partial charge in [0.15, 0.2) is 0 Å². The minimum Gasteiger partial charge on any atom is -0.383 e. The van der Waals surface area contributed by atoms with Crippen LogP contribution in [-0.4, -0.2) is 35.8 Å². The molecule has 1 atom stereocenters. The van der Waals surface area contributed by atoms with Crippen LogP contribution in [0, 0.1) is 5.82 Å². The van der Waals surface area contributed by atoms with Gasteiger partial charge in [-0.1, -0.05) is 43.5 Å². The highest BCUT2D eigenvalue weighted by atomic mass is 19.1. The number of rotatable bonds is 9. The minimum absolute atomic E-state index is 0.131. The summed E-state index contributed by atoms with van der Waals surface area (Å²) in [6.07, 6.45) is 6.47. The zero-order valence-electron chi connectivity index (χ0n) is 18.1. The Kier molecular flexibility index (Phi) is 8.04. The number of carbonyl (C=O) groups excluding carboxylic acids is 2. The van der Waals surface area contributed by atoms with Crippen LogP contribution in [0.5, 0.6) is 0 Å². The molecule has 0 heterocycles. The molecule has 2 aromatic carbocycles. The van der Waals surface area contributed by atoms with Crippen molar-refractivity contribution < 1.29 is 14.0 Å². The predicted molar refractivity (Wildman–Crippen MR) is 121 cm³/mol. The summed E-state index contributed by atoms with van der Waals surface area (Å²) in [5.41, 5.74) is 8.51. The second-order valence-corrected chi connectivity index (χ2v) is 8.36. The molecule has 0 unspecified atom stereocenters. The maximum Gasteiger partial charge on any atom is 0.239 e. The zero-order chi connectivity index (χ0) is 22.2. The molecule has 1 aliphatic carbocycles. The Morgan fingerprint density at radius 1 is 1.13 bits per heavy atom. The minimum atomic E-state index is -0.705. The van der Waals surface area contributed by atoms with Crippen LogP contribution in [0.4, 0.5) is 10.1 Å². The van der Waals surface area contributed by atoms with Crippen molar-refractivity contribution in [3.8, 4) is 0 Å². The van der Waals surface area contributed by atoms with Gasteiger partial charge < -0.3 is 16.0 Å². The molecular formula is C25H32FN3O2. The molecule has 0 aliphatic heterocycles. The van der Waals surface area contributed by atoms with E-state index in [1.54, 1.807) is 19.1 Å². The van der Waals surface area contributed by atoms with Gasteiger partial charge >= 0.3 is 0 Å². The summed E-state index contributed by atoms with van der Waals surface area (Å²) in [6, 6.07) is 13.6. The van der Waals surface area contributed by atoms with Gasteiger partial charge in [0.2, 0.25) is 11.8 Å². The number of primary amides is 1. The summed E-state index contributed by atoms with van der Waals surface area (Å²) in [5, 5.41) is 3.15. The fourth-order valence-corrected chi connectivity index (χ4v) is 4.25. The third-order valence-electron chi connectivity index (χ3n) is 6.11. The van der Waals surface area contributed by atoms with E-state index < -0.39 is 11.9 Å². The van der Waals surface area contributed by atoms with Crippen LogP contribution in [-0.2, 0) is 16.0 Å². The van der Waals surface area contributed by atoms with E-state index in [1.807, 2.05) is 12.1 Å². The Labute approximate surface area is 183 Å². The van der Waals surface area contributed by atoms with Gasteiger partial charge in [0, 0.05) is 18.8 Å². The van der Waals surface area contributed by atoms with Crippen LogP contribution in [0.25, 0.3) is 0 Å². The molecule has 0 radical (unpaired) electrons. The summed E-state index contributed by atoms with van der Waals surface area (Å²) in [7, 11) is 0. The molecule has 2 aromatic rings. The van der Waals surface area contributed by atoms with Gasteiger partial charge in [-0.25, -0.2) is 4.39 Å². The third kappa shape index (κ3) is 6.54. The van der Waals surface area contributed by atoms with Crippen LogP contribution in [0.2, 0.25) is 0 Å². The van der Waals surface area contributed by atoms with Crippen LogP contribution in [0.1, 0.15) is 56.1 Å². The lowest BCUT2D eigenvalue weighted by Gasteiger charge is -2.28. The van der Waals surface area contributed by atoms with E-state index in [4.69, 9.17) is 5.73 Å². The lowest BCUT2D eigenvalue weighted by Crippen LogP contribution is -2.48. The zero-order valence-corrected chi connectivity index (χ0v) is 18.1. The van der Waals surface area contributed by atoms with Crippen LogP contribution < -0.4 is 11.1 Å². The molecule has 6 heteroatoms. The van der Waals surface area contributed by atoms with Crippen molar-refractivity contribution in [1.29, 1.82) is 0 Å². The van der Waals surface area contributed by atoms with Crippen molar-refractivity contribution in [1.82, 2.24) is 4.90 Å². The van der Waals surface area contributed by atoms with Gasteiger partial charge in [-0.15, -0.1) is 0 Å². The lowest BCUT2D eigenvalue weighted by molar-refractivity contribution is -0.138. The highest BCUT2D eigenvalue weighted by Crippen LogP contribution is 2.32. The van der Waals surface area contributed by atoms with Crippen molar-refractivity contribution in [2.24, 2.45) is 5.73 Å². The Balaban J connectivity index is 1.64. The molecule has 1 saturated carbocycles. The maximum atomic E-state index is 13.1. The van der Waals surface area contributed by atoms with E-state index in [2.05, 4.69) is 17.4 Å². The summed E-state index contributed by atoms with van der Waals surface area (Å²) < 4.78 is 13.1. The number of halogens is 1. The molecule has 0 aromatic heterocycles. The van der Waals surface area contributed by atoms with Crippen molar-refractivity contribution in [3.05, 3.63) is 65.5 Å². The fraction of sp³-hybridized carbons (Fsp3) is 0.440. The Hall–Kier alpha value is -2.89. The summed E-state index contributed by atoms with van der Waals surface area (Å²) >= 11 is 0. The second-order valence-electron chi connectivity index (χ2n) is 8.36. The maximum absolute atomic E-state index is 13.1. The molecule has 2 amide bonds. The molecule has 1 fully saturated rings. The number of hydrogen-bond acceptors (Lipinski definition) is 3. The fourth-order valence-electron chi connectivity index (χ4n) is 4.25. The monoisotopic (exact) mass is 425 g/mol. The first-order chi connectivity index (χ1) is 14.9. The number of amides is 2. The molecule has 0 saturated heterocycles. The van der Waals surface area contributed by atoms with Gasteiger partial charge in [0.05, 0.1) is 6.42 Å². The van der Waals surface area contributed by atoms with Crippen LogP contribution >= 0.6 is 0 Å². The molecule has 166 valence electrons. The number of nitrogens with zero attached hydrogens (tertiary/aromatic N) is 1. The van der Waals surface area contributed by atoms with E-state index in [1.165, 1.54) is 54.7 Å². The topological polar surface area (TPSA) is 75.4 Å². The predicted octanol–water partition coefficient (Wildman–Crippen LogP) is 4.23. The van der Waals surface area contributed by atoms with Gasteiger partial charge in [-0.3, -0.25) is 9.59 Å². The summed E-state index contributed by atoms with van der Waals surface area (Å²) in [4.78, 5) is 26.4. The number of anilines is 1. The number of benzene rings is 2. The molecule has 3 N–H and O–H groups in total. The van der Waals surface area contributed by atoms with Crippen molar-refractivity contribution in [2.75, 3.05) is 18.4 Å². The first-order valence-corrected chi connectivity index (χ1v) is 11.1. The largest absolute Gasteiger partial charge is 0.383 e. The Morgan fingerprint density at radius 2 is 1.84 bits per heavy atom. The quantitative estimate of drug-likeness (QED) is 0.631. The van der Waals surface area contributed by atoms with E-state index >= 15 is 0 Å². The van der Waals surface area contributed by atoms with Crippen molar-refractivity contribution in [2.45, 2.75) is 57.4 Å². The number of carbonyl (C=O) groups is 2. The number of hydrogen-bond donors (Lipinski definition) is 2. The van der Waals surface area contributed by atoms with E-state index in [0.717, 1.165) is 11.3 Å². The molecule has 31 heavy (non-hydrogen) atoms. The summed E-state index contributed by atoms with van der Waals surface area (Å²) in [6.45, 7) is 2.40. The SMILES string of the molecule is C[C@@H](C(N)=O)N(CCNc1ccc(F)cc1)C(=O)Cc1cccc(C2CCCCC2)c1. The van der Waals surface area contributed by atoms with Crippen molar-refractivity contribution >= 4 is 17.5 Å². The molecular weight excluding hydrogens is 393 g/mol. The second kappa shape index (κ2) is 10.9. The molecule has 1 aliphatic rings. The standard InChI is InChI=1S/C25H32FN3O2/c1-18(25(27)31)29(15-14-28-23-12-10-22(26)11-13-23)24(30)17-19-6-5-9-21(16-19)20-7-3-2-4-8-20/h5-6,9-13,16,18,20,28H,2-4,7-8,14-15,17H2,1H3,(H2,27,31)/t18-/m0/s1. The molecule has 3 rings (SSSR count). The highest BCUT2D eigenvalue weighted by Gasteiger charge is 2.24. The Bertz CT molecular complexity index is 879. The third-order valence-corrected chi connectivity index (χ3v) is 6.11. The first-order valence-electron chi connectivity index (χ1n) is 11.1. The van der Waals surface area contributed by atoms with Crippen molar-refractivity contribution in [3.63, 3.8) is 0 Å². The average Bonchev–Trinajstić information content (AvgIpc) is 2.78.